The molecule has 1 aromatic rings. The normalized spacial score (nSPS) is 16.4. The van der Waals surface area contributed by atoms with Gasteiger partial charge in [-0.3, -0.25) is 19.7 Å². The Morgan fingerprint density at radius 3 is 2.67 bits per heavy atom. The molecule has 1 unspecified atom stereocenters. The second-order valence-electron chi connectivity index (χ2n) is 5.86. The van der Waals surface area contributed by atoms with Gasteiger partial charge < -0.3 is 15.2 Å². The van der Waals surface area contributed by atoms with E-state index in [1.54, 1.807) is 6.92 Å². The monoisotopic (exact) mass is 336 g/mol. The number of hydrogen-bond acceptors (Lipinski definition) is 5. The fourth-order valence-electron chi connectivity index (χ4n) is 2.84. The molecule has 0 spiro atoms. The van der Waals surface area contributed by atoms with Gasteiger partial charge in [0.05, 0.1) is 10.8 Å². The fraction of sp³-hybridized carbons (Fsp3) is 0.500. The van der Waals surface area contributed by atoms with Gasteiger partial charge in [-0.05, 0) is 31.2 Å². The standard InChI is InChI=1S/C16H20N2O6/c1-10-2-3-12(18(22)23)8-13(10)15(19)17-9-14(16(20)21)11-4-6-24-7-5-11/h2-3,8,11,14H,4-7,9H2,1H3,(H,17,19)(H,20,21). The number of carboxylic acids is 1. The van der Waals surface area contributed by atoms with Crippen LogP contribution in [0.15, 0.2) is 18.2 Å². The number of amides is 1. The van der Waals surface area contributed by atoms with Crippen molar-refractivity contribution < 1.29 is 24.4 Å². The number of rotatable bonds is 6. The smallest absolute Gasteiger partial charge is 0.308 e. The summed E-state index contributed by atoms with van der Waals surface area (Å²) in [6.45, 7) is 2.70. The van der Waals surface area contributed by atoms with Gasteiger partial charge in [-0.2, -0.15) is 0 Å². The molecule has 130 valence electrons. The molecule has 1 aromatic carbocycles. The van der Waals surface area contributed by atoms with E-state index < -0.39 is 22.7 Å². The third-order valence-corrected chi connectivity index (χ3v) is 4.31. The van der Waals surface area contributed by atoms with Crippen molar-refractivity contribution in [2.75, 3.05) is 19.8 Å². The number of aliphatic carboxylic acids is 1. The quantitative estimate of drug-likeness (QED) is 0.603. The minimum atomic E-state index is -0.960. The van der Waals surface area contributed by atoms with Crippen LogP contribution >= 0.6 is 0 Å². The van der Waals surface area contributed by atoms with E-state index in [9.17, 15) is 24.8 Å². The predicted octanol–water partition coefficient (Wildman–Crippen LogP) is 1.76. The Balaban J connectivity index is 2.06. The summed E-state index contributed by atoms with van der Waals surface area (Å²) in [5, 5.41) is 22.8. The summed E-state index contributed by atoms with van der Waals surface area (Å²) >= 11 is 0. The summed E-state index contributed by atoms with van der Waals surface area (Å²) in [5.74, 6) is -2.22. The molecule has 0 saturated carbocycles. The molecule has 1 fully saturated rings. The van der Waals surface area contributed by atoms with Gasteiger partial charge in [-0.25, -0.2) is 0 Å². The van der Waals surface area contributed by atoms with Gasteiger partial charge in [0.1, 0.15) is 0 Å². The molecule has 2 N–H and O–H groups in total. The summed E-state index contributed by atoms with van der Waals surface area (Å²) in [5.41, 5.74) is 0.598. The maximum atomic E-state index is 12.3. The number of nitrogens with one attached hydrogen (secondary N) is 1. The van der Waals surface area contributed by atoms with Crippen molar-refractivity contribution in [2.24, 2.45) is 11.8 Å². The van der Waals surface area contributed by atoms with Crippen LogP contribution in [0.1, 0.15) is 28.8 Å². The number of benzene rings is 1. The molecule has 1 aliphatic heterocycles. The SMILES string of the molecule is Cc1ccc([N+](=O)[O-])cc1C(=O)NCC(C(=O)O)C1CCOCC1. The molecule has 1 saturated heterocycles. The van der Waals surface area contributed by atoms with Crippen molar-refractivity contribution in [3.05, 3.63) is 39.4 Å². The molecule has 0 radical (unpaired) electrons. The van der Waals surface area contributed by atoms with Crippen molar-refractivity contribution in [3.8, 4) is 0 Å². The summed E-state index contributed by atoms with van der Waals surface area (Å²) in [6.07, 6.45) is 1.28. The van der Waals surface area contributed by atoms with Gasteiger partial charge in [-0.1, -0.05) is 6.07 Å². The predicted molar refractivity (Wildman–Crippen MR) is 84.8 cm³/mol. The number of non-ortho nitro benzene ring substituents is 1. The maximum absolute atomic E-state index is 12.3. The van der Waals surface area contributed by atoms with Gasteiger partial charge in [0.15, 0.2) is 0 Å². The lowest BCUT2D eigenvalue weighted by Crippen LogP contribution is -2.39. The fourth-order valence-corrected chi connectivity index (χ4v) is 2.84. The molecule has 1 atom stereocenters. The first-order valence-electron chi connectivity index (χ1n) is 7.74. The number of nitro groups is 1. The molecule has 0 aliphatic carbocycles. The van der Waals surface area contributed by atoms with Gasteiger partial charge in [-0.15, -0.1) is 0 Å². The highest BCUT2D eigenvalue weighted by atomic mass is 16.6. The molecule has 8 heteroatoms. The Morgan fingerprint density at radius 1 is 1.42 bits per heavy atom. The summed E-state index contributed by atoms with van der Waals surface area (Å²) < 4.78 is 5.23. The molecule has 1 aliphatic rings. The third-order valence-electron chi connectivity index (χ3n) is 4.31. The molecule has 24 heavy (non-hydrogen) atoms. The number of nitro benzene ring substituents is 1. The number of carboxylic acid groups (broad SMARTS) is 1. The number of hydrogen-bond donors (Lipinski definition) is 2. The minimum Gasteiger partial charge on any atom is -0.481 e. The highest BCUT2D eigenvalue weighted by Crippen LogP contribution is 2.24. The van der Waals surface area contributed by atoms with Gasteiger partial charge in [0.25, 0.3) is 11.6 Å². The van der Waals surface area contributed by atoms with Crippen LogP contribution in [0.3, 0.4) is 0 Å². The van der Waals surface area contributed by atoms with E-state index in [1.807, 2.05) is 0 Å². The highest BCUT2D eigenvalue weighted by Gasteiger charge is 2.30. The minimum absolute atomic E-state index is 0.0129. The zero-order valence-electron chi connectivity index (χ0n) is 13.4. The van der Waals surface area contributed by atoms with Gasteiger partial charge >= 0.3 is 5.97 Å². The van der Waals surface area contributed by atoms with E-state index in [4.69, 9.17) is 4.74 Å². The van der Waals surface area contributed by atoms with E-state index in [-0.39, 0.29) is 23.7 Å². The summed E-state index contributed by atoms with van der Waals surface area (Å²) in [4.78, 5) is 34.0. The molecule has 8 nitrogen and oxygen atoms in total. The van der Waals surface area contributed by atoms with Crippen LogP contribution in [0.5, 0.6) is 0 Å². The van der Waals surface area contributed by atoms with E-state index >= 15 is 0 Å². The van der Waals surface area contributed by atoms with Crippen LogP contribution in [-0.2, 0) is 9.53 Å². The number of aryl methyl sites for hydroxylation is 1. The second kappa shape index (κ2) is 7.87. The Bertz CT molecular complexity index is 639. The molecular weight excluding hydrogens is 316 g/mol. The molecule has 0 aromatic heterocycles. The van der Waals surface area contributed by atoms with Crippen LogP contribution in [0, 0.1) is 28.9 Å². The van der Waals surface area contributed by atoms with Crippen LogP contribution in [0.25, 0.3) is 0 Å². The first-order valence-corrected chi connectivity index (χ1v) is 7.74. The Labute approximate surface area is 139 Å². The van der Waals surface area contributed by atoms with Crippen molar-refractivity contribution >= 4 is 17.6 Å². The van der Waals surface area contributed by atoms with Crippen LogP contribution in [0.4, 0.5) is 5.69 Å². The Morgan fingerprint density at radius 2 is 2.08 bits per heavy atom. The third kappa shape index (κ3) is 4.29. The molecule has 2 rings (SSSR count). The van der Waals surface area contributed by atoms with E-state index in [0.717, 1.165) is 0 Å². The van der Waals surface area contributed by atoms with Crippen molar-refractivity contribution in [2.45, 2.75) is 19.8 Å². The molecule has 1 amide bonds. The van der Waals surface area contributed by atoms with Gasteiger partial charge in [0, 0.05) is 37.5 Å². The topological polar surface area (TPSA) is 119 Å². The van der Waals surface area contributed by atoms with Crippen molar-refractivity contribution in [1.82, 2.24) is 5.32 Å². The average molecular weight is 336 g/mol. The van der Waals surface area contributed by atoms with E-state index in [2.05, 4.69) is 5.32 Å². The number of ether oxygens (including phenoxy) is 1. The van der Waals surface area contributed by atoms with Crippen LogP contribution < -0.4 is 5.32 Å². The van der Waals surface area contributed by atoms with E-state index in [1.165, 1.54) is 18.2 Å². The Kier molecular flexibility index (Phi) is 5.86. The first-order chi connectivity index (χ1) is 11.4. The first kappa shape index (κ1) is 17.9. The average Bonchev–Trinajstić information content (AvgIpc) is 2.55. The van der Waals surface area contributed by atoms with Gasteiger partial charge in [0.2, 0.25) is 0 Å². The zero-order chi connectivity index (χ0) is 17.7. The Hall–Kier alpha value is -2.48. The molecule has 1 heterocycles. The van der Waals surface area contributed by atoms with Crippen molar-refractivity contribution in [1.29, 1.82) is 0 Å². The largest absolute Gasteiger partial charge is 0.481 e. The molecular formula is C16H20N2O6. The second-order valence-corrected chi connectivity index (χ2v) is 5.86. The zero-order valence-corrected chi connectivity index (χ0v) is 13.4. The lowest BCUT2D eigenvalue weighted by atomic mass is 9.86. The number of carbonyl (C=O) groups excluding carboxylic acids is 1. The van der Waals surface area contributed by atoms with Crippen LogP contribution in [-0.4, -0.2) is 41.7 Å². The summed E-state index contributed by atoms with van der Waals surface area (Å²) in [7, 11) is 0. The number of carbonyl (C=O) groups is 2. The van der Waals surface area contributed by atoms with Crippen molar-refractivity contribution in [3.63, 3.8) is 0 Å². The lowest BCUT2D eigenvalue weighted by Gasteiger charge is -2.27. The highest BCUT2D eigenvalue weighted by molar-refractivity contribution is 5.96. The lowest BCUT2D eigenvalue weighted by molar-refractivity contribution is -0.384. The van der Waals surface area contributed by atoms with E-state index in [0.29, 0.717) is 31.6 Å². The summed E-state index contributed by atoms with van der Waals surface area (Å²) in [6, 6.07) is 4.03. The number of nitrogens with zero attached hydrogens (tertiary/aromatic N) is 1. The maximum Gasteiger partial charge on any atom is 0.308 e. The molecule has 0 bridgehead atoms. The van der Waals surface area contributed by atoms with Crippen LogP contribution in [0.2, 0.25) is 0 Å².